The van der Waals surface area contributed by atoms with Gasteiger partial charge in [0.05, 0.1) is 136 Å². The second-order valence-corrected chi connectivity index (χ2v) is 37.0. The molecule has 6 heterocycles. The van der Waals surface area contributed by atoms with Gasteiger partial charge in [-0.2, -0.15) is 0 Å². The maximum absolute atomic E-state index is 15.6. The molecular formula is C101H102ClF9N4O18. The van der Waals surface area contributed by atoms with Gasteiger partial charge >= 0.3 is 18.9 Å². The number of hydrogen-bond donors (Lipinski definition) is 7. The number of aliphatic hydroxyl groups is 6. The molecule has 704 valence electrons. The highest BCUT2D eigenvalue weighted by Crippen LogP contribution is 2.57. The van der Waals surface area contributed by atoms with E-state index in [2.05, 4.69) is 42.3 Å². The van der Waals surface area contributed by atoms with Crippen molar-refractivity contribution in [1.82, 2.24) is 13.7 Å². The Kier molecular flexibility index (Phi) is 27.5. The van der Waals surface area contributed by atoms with Crippen molar-refractivity contribution in [3.63, 3.8) is 0 Å². The molecule has 3 atom stereocenters. The lowest BCUT2D eigenvalue weighted by molar-refractivity contribution is -0.287. The van der Waals surface area contributed by atoms with Crippen LogP contribution in [0.1, 0.15) is 142 Å². The van der Waals surface area contributed by atoms with Crippen molar-refractivity contribution in [3.8, 4) is 34.5 Å². The van der Waals surface area contributed by atoms with Gasteiger partial charge in [-0.05, 0) is 180 Å². The Morgan fingerprint density at radius 2 is 0.722 bits per heavy atom. The molecule has 32 heteroatoms. The number of nitrogens with two attached hydrogens (primary N) is 1. The molecule has 3 aromatic heterocycles. The van der Waals surface area contributed by atoms with Crippen LogP contribution in [0, 0.1) is 17.5 Å². The molecule has 6 aliphatic rings. The third-order valence-corrected chi connectivity index (χ3v) is 25.4. The summed E-state index contributed by atoms with van der Waals surface area (Å²) in [5.74, 6) is -2.67. The fraction of sp³-hybridized carbons (Fsp3) is 0.376. The monoisotopic (exact) mass is 1860 g/mol. The number of nitrogens with zero attached hydrogens (tertiary/aromatic N) is 3. The molecule has 0 bridgehead atoms. The van der Waals surface area contributed by atoms with E-state index in [0.29, 0.717) is 121 Å². The van der Waals surface area contributed by atoms with Crippen LogP contribution in [0.4, 0.5) is 45.2 Å². The zero-order chi connectivity index (χ0) is 95.1. The first-order chi connectivity index (χ1) is 63.1. The fourth-order valence-corrected chi connectivity index (χ4v) is 17.6. The third-order valence-electron chi connectivity index (χ3n) is 25.1. The van der Waals surface area contributed by atoms with Crippen LogP contribution in [0.15, 0.2) is 200 Å². The van der Waals surface area contributed by atoms with Crippen LogP contribution in [0.2, 0.25) is 0 Å². The van der Waals surface area contributed by atoms with Gasteiger partial charge in [-0.3, -0.25) is 14.4 Å². The van der Waals surface area contributed by atoms with E-state index in [4.69, 9.17) is 31.5 Å². The van der Waals surface area contributed by atoms with Gasteiger partial charge in [-0.1, -0.05) is 151 Å². The highest BCUT2D eigenvalue weighted by Gasteiger charge is 2.56. The molecule has 3 aliphatic heterocycles. The van der Waals surface area contributed by atoms with Gasteiger partial charge in [-0.25, -0.2) is 13.2 Å². The first-order valence-electron chi connectivity index (χ1n) is 43.5. The minimum atomic E-state index is -3.76. The lowest BCUT2D eigenvalue weighted by Gasteiger charge is -2.28. The minimum absolute atomic E-state index is 0.00273. The summed E-state index contributed by atoms with van der Waals surface area (Å²) in [6.45, 7) is 13.2. The van der Waals surface area contributed by atoms with Gasteiger partial charge < -0.3 is 92.7 Å². The second-order valence-electron chi connectivity index (χ2n) is 36.7. The standard InChI is InChI=1S/C34H34F3NO6.C29H33FN2O3.C27H28F3NO6.C11H7ClF2O3/c1-32(2,20-42-19-21-6-4-3-5-7-21)30-13-23-12-22(26(35)16-27(23)38(30)17-25(40)18-39)14-31(41)33(10-11-33)24-8-9-28-29(15-24)44-34(36,37)43-28;1-29(2,20-35-18-22-11-7-4-8-12-22)28-14-23-13-26(31)25(30)15-27(23)32(28)16-24(33)19-34-17-21-9-5-3-6-10-21;1-25(2,14-33)23-8-16-7-15(19(28)11-20(16)31(23)12-18(34)13-32)9-24(35)26(5-6-26)17-3-4-21-22(10-17)37-27(29,30)36-21;12-9(15)10(3-4-10)6-1-2-7-8(5-6)17-11(13,14)16-7/h3-9,12-13,15-16,25,39-40H,10-11,14,17-20H2,1-2H3;3-15,24,33H,16-20,31H2,1-2H3;3-4,7-8,10-11,18,32-34H,5-6,9,12-14H2,1-2H3;1-2,5H,3-4H2/t25-;24-;18-;/m111./s1. The molecule has 133 heavy (non-hydrogen) atoms. The number of aliphatic hydroxyl groups excluding tert-OH is 6. The minimum Gasteiger partial charge on any atom is -0.396 e. The number of alkyl halides is 6. The average Bonchev–Trinajstić information content (AvgIpc) is 1.58. The van der Waals surface area contributed by atoms with E-state index in [0.717, 1.165) is 33.5 Å². The molecule has 22 nitrogen and oxygen atoms in total. The number of halogens is 10. The Hall–Kier alpha value is -11.5. The molecule has 0 saturated heterocycles. The van der Waals surface area contributed by atoms with E-state index in [1.165, 1.54) is 54.6 Å². The Morgan fingerprint density at radius 3 is 1.06 bits per heavy atom. The number of hydrogen-bond acceptors (Lipinski definition) is 19. The summed E-state index contributed by atoms with van der Waals surface area (Å²) in [6.07, 6.45) is -11.1. The smallest absolute Gasteiger partial charge is 0.396 e. The lowest BCUT2D eigenvalue weighted by atomic mass is 9.87. The van der Waals surface area contributed by atoms with Gasteiger partial charge in [0.1, 0.15) is 29.0 Å². The van der Waals surface area contributed by atoms with Crippen LogP contribution < -0.4 is 34.2 Å². The van der Waals surface area contributed by atoms with Crippen molar-refractivity contribution >= 4 is 66.8 Å². The van der Waals surface area contributed by atoms with E-state index >= 15 is 8.78 Å². The Bertz CT molecular complexity index is 6280. The number of carbonyl (C=O) groups excluding carboxylic acids is 3. The number of anilines is 1. The zero-order valence-electron chi connectivity index (χ0n) is 73.7. The molecule has 3 fully saturated rings. The summed E-state index contributed by atoms with van der Waals surface area (Å²) >= 11 is 5.51. The molecule has 3 aliphatic carbocycles. The quantitative estimate of drug-likeness (QED) is 0.0112. The van der Waals surface area contributed by atoms with Crippen LogP contribution in [0.25, 0.3) is 32.7 Å². The van der Waals surface area contributed by atoms with E-state index in [-0.39, 0.29) is 109 Å². The molecule has 8 N–H and O–H groups in total. The summed E-state index contributed by atoms with van der Waals surface area (Å²) in [5, 5.41) is 61.7. The van der Waals surface area contributed by atoms with Crippen LogP contribution >= 0.6 is 11.6 Å². The van der Waals surface area contributed by atoms with E-state index in [1.807, 2.05) is 135 Å². The van der Waals surface area contributed by atoms with Crippen molar-refractivity contribution in [1.29, 1.82) is 0 Å². The van der Waals surface area contributed by atoms with Gasteiger partial charge in [0.15, 0.2) is 34.5 Å². The van der Waals surface area contributed by atoms with E-state index in [1.54, 1.807) is 51.6 Å². The van der Waals surface area contributed by atoms with Crippen LogP contribution in [0.3, 0.4) is 0 Å². The largest absolute Gasteiger partial charge is 0.586 e. The predicted octanol–water partition coefficient (Wildman–Crippen LogP) is 17.6. The SMILES string of the molecule is CC(C)(CO)c1cc2cc(CC(=O)C3(c4ccc5c(c4)OC(F)(F)O5)CC3)c(F)cc2n1C[C@@H](O)CO.CC(C)(COCc1ccccc1)c1cc2cc(CC(=O)C3(c4ccc5c(c4)OC(F)(F)O5)CC3)c(F)cc2n1C[C@@H](O)CO.CC(C)(COCc1ccccc1)c1cc2cc(N)c(F)cc2n1C[C@@H](O)COCc1ccccc1.O=C(Cl)C1(c2ccc3c(c2)OC(F)(F)O3)CC1. The van der Waals surface area contributed by atoms with Crippen molar-refractivity contribution in [2.75, 3.05) is 45.4 Å². The lowest BCUT2D eigenvalue weighted by Crippen LogP contribution is -2.30. The number of Topliss-reactive ketones (excluding diaryl/α,β-unsaturated/α-hetero) is 2. The number of benzene rings is 9. The van der Waals surface area contributed by atoms with Crippen molar-refractivity contribution in [3.05, 3.63) is 279 Å². The number of fused-ring (bicyclic) bond motifs is 6. The number of aromatic nitrogens is 3. The van der Waals surface area contributed by atoms with Crippen LogP contribution in [-0.2, 0) is 113 Å². The van der Waals surface area contributed by atoms with Crippen LogP contribution in [0.5, 0.6) is 34.5 Å². The number of ketones is 2. The highest BCUT2D eigenvalue weighted by molar-refractivity contribution is 6.66. The molecule has 3 saturated carbocycles. The van der Waals surface area contributed by atoms with Gasteiger partial charge in [0.25, 0.3) is 0 Å². The maximum Gasteiger partial charge on any atom is 0.586 e. The molecule has 18 rings (SSSR count). The maximum atomic E-state index is 15.6. The van der Waals surface area contributed by atoms with Crippen molar-refractivity contribution in [2.24, 2.45) is 0 Å². The zero-order valence-corrected chi connectivity index (χ0v) is 74.5. The summed E-state index contributed by atoms with van der Waals surface area (Å²) in [4.78, 5) is 38.3. The first-order valence-corrected chi connectivity index (χ1v) is 43.9. The summed E-state index contributed by atoms with van der Waals surface area (Å²) < 4.78 is 175. The fourth-order valence-electron chi connectivity index (χ4n) is 17.3. The second kappa shape index (κ2) is 38.1. The topological polar surface area (TPSA) is 296 Å². The Morgan fingerprint density at radius 1 is 0.406 bits per heavy atom. The normalized spacial score (nSPS) is 17.0. The third kappa shape index (κ3) is 21.4. The van der Waals surface area contributed by atoms with Gasteiger partial charge in [0, 0.05) is 68.4 Å². The van der Waals surface area contributed by atoms with Gasteiger partial charge in [-0.15, -0.1) is 26.3 Å². The number of carbonyl (C=O) groups is 3. The number of rotatable bonds is 34. The van der Waals surface area contributed by atoms with E-state index in [9.17, 15) is 75.8 Å². The first kappa shape index (κ1) is 96.1. The van der Waals surface area contributed by atoms with Crippen molar-refractivity contribution < 1.29 is 127 Å². The number of nitrogen functional groups attached to an aromatic ring is 1. The van der Waals surface area contributed by atoms with Crippen LogP contribution in [-0.4, -0.2) is 138 Å². The molecule has 0 spiro atoms. The highest BCUT2D eigenvalue weighted by atomic mass is 35.5. The van der Waals surface area contributed by atoms with E-state index < -0.39 is 106 Å². The van der Waals surface area contributed by atoms with Gasteiger partial charge in [0.2, 0.25) is 5.24 Å². The molecule has 0 amide bonds. The van der Waals surface area contributed by atoms with Crippen molar-refractivity contribution in [2.45, 2.75) is 202 Å². The predicted molar refractivity (Wildman–Crippen MR) is 476 cm³/mol. The summed E-state index contributed by atoms with van der Waals surface area (Å²) in [7, 11) is 0. The molecule has 12 aromatic rings. The molecule has 9 aromatic carbocycles. The molecule has 0 unspecified atom stereocenters. The number of ether oxygens (including phenoxy) is 9. The average molecular weight is 1870 g/mol. The Labute approximate surface area is 765 Å². The Balaban J connectivity index is 0.000000140. The summed E-state index contributed by atoms with van der Waals surface area (Å²) in [6, 6.07) is 57.2. The molecular weight excluding hydrogens is 1760 g/mol. The summed E-state index contributed by atoms with van der Waals surface area (Å²) in [5.41, 5.74) is 11.0. The molecule has 0 radical (unpaired) electrons.